The number of anilines is 1. The number of aryl methyl sites for hydroxylation is 1. The van der Waals surface area contributed by atoms with Gasteiger partial charge in [0.25, 0.3) is 0 Å². The molecular weight excluding hydrogens is 197 g/mol. The molecule has 0 saturated heterocycles. The largest absolute Gasteiger partial charge is 0.384 e. The number of hydrogen-bond donors (Lipinski definition) is 1. The van der Waals surface area contributed by atoms with Gasteiger partial charge in [-0.05, 0) is 31.0 Å². The van der Waals surface area contributed by atoms with E-state index in [-0.39, 0.29) is 5.82 Å². The maximum Gasteiger partial charge on any atom is 0.128 e. The molecule has 1 unspecified atom stereocenters. The van der Waals surface area contributed by atoms with Gasteiger partial charge in [0, 0.05) is 16.7 Å². The van der Waals surface area contributed by atoms with E-state index in [2.05, 4.69) is 12.2 Å². The summed E-state index contributed by atoms with van der Waals surface area (Å²) in [5.41, 5.74) is 1.68. The highest BCUT2D eigenvalue weighted by Crippen LogP contribution is 2.35. The van der Waals surface area contributed by atoms with Gasteiger partial charge in [-0.1, -0.05) is 6.92 Å². The van der Waals surface area contributed by atoms with Gasteiger partial charge in [0.05, 0.1) is 5.69 Å². The van der Waals surface area contributed by atoms with Gasteiger partial charge in [0.15, 0.2) is 0 Å². The summed E-state index contributed by atoms with van der Waals surface area (Å²) in [5.74, 6) is -0.119. The highest BCUT2D eigenvalue weighted by Gasteiger charge is 2.14. The molecule has 0 amide bonds. The Labute approximate surface area is 88.1 Å². The number of benzene rings is 1. The monoisotopic (exact) mass is 211 g/mol. The summed E-state index contributed by atoms with van der Waals surface area (Å²) >= 11 is 1.83. The zero-order chi connectivity index (χ0) is 10.1. The van der Waals surface area contributed by atoms with Gasteiger partial charge in [-0.2, -0.15) is 0 Å². The molecule has 76 valence electrons. The van der Waals surface area contributed by atoms with Gasteiger partial charge in [0.2, 0.25) is 0 Å². The lowest BCUT2D eigenvalue weighted by Gasteiger charge is -2.09. The summed E-state index contributed by atoms with van der Waals surface area (Å²) in [4.78, 5) is 1.17. The Morgan fingerprint density at radius 1 is 1.50 bits per heavy atom. The second-order valence-electron chi connectivity index (χ2n) is 3.74. The van der Waals surface area contributed by atoms with Crippen molar-refractivity contribution >= 4 is 17.4 Å². The topological polar surface area (TPSA) is 12.0 Å². The summed E-state index contributed by atoms with van der Waals surface area (Å²) in [6.45, 7) is 4.95. The van der Waals surface area contributed by atoms with Crippen molar-refractivity contribution in [2.45, 2.75) is 30.4 Å². The molecule has 1 aliphatic rings. The van der Waals surface area contributed by atoms with E-state index >= 15 is 0 Å². The first kappa shape index (κ1) is 9.84. The minimum absolute atomic E-state index is 0.119. The lowest BCUT2D eigenvalue weighted by molar-refractivity contribution is 0.617. The average molecular weight is 211 g/mol. The van der Waals surface area contributed by atoms with Crippen molar-refractivity contribution < 1.29 is 4.39 Å². The van der Waals surface area contributed by atoms with E-state index in [1.54, 1.807) is 6.07 Å². The molecule has 1 aromatic rings. The van der Waals surface area contributed by atoms with E-state index in [1.165, 1.54) is 4.90 Å². The Balaban J connectivity index is 2.41. The van der Waals surface area contributed by atoms with E-state index in [9.17, 15) is 4.39 Å². The van der Waals surface area contributed by atoms with Gasteiger partial charge in [-0.25, -0.2) is 4.39 Å². The Kier molecular flexibility index (Phi) is 2.68. The molecule has 0 fully saturated rings. The molecule has 0 aromatic heterocycles. The van der Waals surface area contributed by atoms with Gasteiger partial charge in [-0.3, -0.25) is 0 Å². The summed E-state index contributed by atoms with van der Waals surface area (Å²) in [5, 5.41) is 3.87. The standard InChI is InChI=1S/C11H14FNS/c1-7-5-11-10(6-9(7)12)13-4-3-8(2)14-11/h5-6,8,13H,3-4H2,1-2H3. The molecule has 1 nitrogen and oxygen atoms in total. The predicted molar refractivity (Wildman–Crippen MR) is 59.6 cm³/mol. The second-order valence-corrected chi connectivity index (χ2v) is 5.22. The van der Waals surface area contributed by atoms with Gasteiger partial charge in [0.1, 0.15) is 5.82 Å². The van der Waals surface area contributed by atoms with Crippen LogP contribution in [0.5, 0.6) is 0 Å². The van der Waals surface area contributed by atoms with Crippen LogP contribution in [0.25, 0.3) is 0 Å². The Morgan fingerprint density at radius 2 is 2.29 bits per heavy atom. The fourth-order valence-electron chi connectivity index (χ4n) is 1.58. The SMILES string of the molecule is Cc1cc2c(cc1F)NCCC(C)S2. The molecule has 0 spiro atoms. The van der Waals surface area contributed by atoms with Crippen LogP contribution in [0.3, 0.4) is 0 Å². The number of fused-ring (bicyclic) bond motifs is 1. The van der Waals surface area contributed by atoms with Crippen LogP contribution in [-0.4, -0.2) is 11.8 Å². The van der Waals surface area contributed by atoms with Crippen molar-refractivity contribution in [1.29, 1.82) is 0 Å². The normalized spacial score (nSPS) is 20.9. The van der Waals surface area contributed by atoms with Gasteiger partial charge >= 0.3 is 0 Å². The third kappa shape index (κ3) is 1.87. The second kappa shape index (κ2) is 3.81. The van der Waals surface area contributed by atoms with Crippen molar-refractivity contribution in [3.8, 4) is 0 Å². The molecule has 2 rings (SSSR count). The maximum atomic E-state index is 13.3. The third-order valence-electron chi connectivity index (χ3n) is 2.46. The van der Waals surface area contributed by atoms with Crippen molar-refractivity contribution in [3.05, 3.63) is 23.5 Å². The Bertz CT molecular complexity index is 351. The number of halogens is 1. The van der Waals surface area contributed by atoms with Gasteiger partial charge in [-0.15, -0.1) is 11.8 Å². The number of nitrogens with one attached hydrogen (secondary N) is 1. The quantitative estimate of drug-likeness (QED) is 0.705. The van der Waals surface area contributed by atoms with E-state index < -0.39 is 0 Å². The molecule has 0 aliphatic carbocycles. The zero-order valence-electron chi connectivity index (χ0n) is 8.43. The van der Waals surface area contributed by atoms with Crippen molar-refractivity contribution in [2.24, 2.45) is 0 Å². The highest BCUT2D eigenvalue weighted by atomic mass is 32.2. The first-order valence-electron chi connectivity index (χ1n) is 4.87. The number of hydrogen-bond acceptors (Lipinski definition) is 2. The third-order valence-corrected chi connectivity index (χ3v) is 3.69. The van der Waals surface area contributed by atoms with E-state index in [0.29, 0.717) is 5.25 Å². The molecule has 1 N–H and O–H groups in total. The lowest BCUT2D eigenvalue weighted by atomic mass is 10.2. The molecule has 3 heteroatoms. The van der Waals surface area contributed by atoms with Crippen molar-refractivity contribution in [2.75, 3.05) is 11.9 Å². The van der Waals surface area contributed by atoms with E-state index in [0.717, 1.165) is 24.2 Å². The maximum absolute atomic E-state index is 13.3. The summed E-state index contributed by atoms with van der Waals surface area (Å²) < 4.78 is 13.3. The fourth-order valence-corrected chi connectivity index (χ4v) is 2.75. The Morgan fingerprint density at radius 3 is 3.07 bits per heavy atom. The predicted octanol–water partition coefficient (Wildman–Crippen LogP) is 3.43. The fraction of sp³-hybridized carbons (Fsp3) is 0.455. The molecular formula is C11H14FNS. The van der Waals surface area contributed by atoms with Crippen LogP contribution in [0.2, 0.25) is 0 Å². The van der Waals surface area contributed by atoms with Crippen LogP contribution in [0, 0.1) is 12.7 Å². The smallest absolute Gasteiger partial charge is 0.128 e. The highest BCUT2D eigenvalue weighted by molar-refractivity contribution is 8.00. The first-order valence-corrected chi connectivity index (χ1v) is 5.75. The lowest BCUT2D eigenvalue weighted by Crippen LogP contribution is -2.03. The number of rotatable bonds is 0. The van der Waals surface area contributed by atoms with Crippen LogP contribution in [0.1, 0.15) is 18.9 Å². The molecule has 1 aliphatic heterocycles. The molecule has 14 heavy (non-hydrogen) atoms. The molecule has 1 atom stereocenters. The minimum atomic E-state index is -0.119. The number of thioether (sulfide) groups is 1. The van der Waals surface area contributed by atoms with Gasteiger partial charge < -0.3 is 5.32 Å². The van der Waals surface area contributed by atoms with Crippen LogP contribution in [0.4, 0.5) is 10.1 Å². The van der Waals surface area contributed by atoms with Crippen molar-refractivity contribution in [1.82, 2.24) is 0 Å². The van der Waals surface area contributed by atoms with Crippen LogP contribution < -0.4 is 5.32 Å². The van der Waals surface area contributed by atoms with Crippen LogP contribution in [0.15, 0.2) is 17.0 Å². The summed E-state index contributed by atoms with van der Waals surface area (Å²) in [7, 11) is 0. The van der Waals surface area contributed by atoms with Crippen LogP contribution in [-0.2, 0) is 0 Å². The zero-order valence-corrected chi connectivity index (χ0v) is 9.25. The Hall–Kier alpha value is -0.700. The van der Waals surface area contributed by atoms with E-state index in [1.807, 2.05) is 24.8 Å². The molecule has 1 heterocycles. The summed E-state index contributed by atoms with van der Waals surface area (Å²) in [6, 6.07) is 3.54. The molecule has 1 aromatic carbocycles. The first-order chi connectivity index (χ1) is 6.66. The molecule has 0 bridgehead atoms. The minimum Gasteiger partial charge on any atom is -0.384 e. The summed E-state index contributed by atoms with van der Waals surface area (Å²) in [6.07, 6.45) is 1.13. The van der Waals surface area contributed by atoms with Crippen LogP contribution >= 0.6 is 11.8 Å². The van der Waals surface area contributed by atoms with Crippen molar-refractivity contribution in [3.63, 3.8) is 0 Å². The molecule has 0 saturated carbocycles. The average Bonchev–Trinajstić information content (AvgIpc) is 2.28. The molecule has 0 radical (unpaired) electrons. The van der Waals surface area contributed by atoms with E-state index in [4.69, 9.17) is 0 Å².